The molecule has 0 atom stereocenters. The first-order valence-electron chi connectivity index (χ1n) is 4.76. The van der Waals surface area contributed by atoms with E-state index in [4.69, 9.17) is 11.6 Å². The van der Waals surface area contributed by atoms with Crippen LogP contribution in [0.1, 0.15) is 17.1 Å². The predicted octanol–water partition coefficient (Wildman–Crippen LogP) is 2.60. The molecule has 0 aliphatic rings. The summed E-state index contributed by atoms with van der Waals surface area (Å²) in [4.78, 5) is 8.47. The van der Waals surface area contributed by atoms with Gasteiger partial charge in [0.1, 0.15) is 5.15 Å². The SMILES string of the molecule is Cc1ncn(Cc2cccc(Cl)n2)c1C. The Labute approximate surface area is 93.7 Å². The first-order chi connectivity index (χ1) is 7.16. The summed E-state index contributed by atoms with van der Waals surface area (Å²) in [6.07, 6.45) is 1.83. The van der Waals surface area contributed by atoms with Crippen molar-refractivity contribution in [1.29, 1.82) is 0 Å². The zero-order chi connectivity index (χ0) is 10.8. The lowest BCUT2D eigenvalue weighted by molar-refractivity contribution is 0.748. The zero-order valence-electron chi connectivity index (χ0n) is 8.74. The minimum absolute atomic E-state index is 0.530. The third kappa shape index (κ3) is 2.18. The zero-order valence-corrected chi connectivity index (χ0v) is 9.49. The molecule has 0 unspecified atom stereocenters. The number of aryl methyl sites for hydroxylation is 1. The van der Waals surface area contributed by atoms with E-state index in [0.29, 0.717) is 11.7 Å². The first kappa shape index (κ1) is 10.2. The van der Waals surface area contributed by atoms with Gasteiger partial charge in [-0.05, 0) is 26.0 Å². The Balaban J connectivity index is 2.26. The van der Waals surface area contributed by atoms with Gasteiger partial charge in [0.2, 0.25) is 0 Å². The first-order valence-corrected chi connectivity index (χ1v) is 5.14. The van der Waals surface area contributed by atoms with Crippen LogP contribution in [0, 0.1) is 13.8 Å². The lowest BCUT2D eigenvalue weighted by Gasteiger charge is -2.04. The molecule has 0 saturated carbocycles. The van der Waals surface area contributed by atoms with Gasteiger partial charge in [-0.25, -0.2) is 9.97 Å². The van der Waals surface area contributed by atoms with Crippen molar-refractivity contribution in [3.63, 3.8) is 0 Å². The van der Waals surface area contributed by atoms with Gasteiger partial charge in [0.25, 0.3) is 0 Å². The molecule has 78 valence electrons. The van der Waals surface area contributed by atoms with Crippen molar-refractivity contribution in [3.8, 4) is 0 Å². The van der Waals surface area contributed by atoms with Gasteiger partial charge < -0.3 is 4.57 Å². The van der Waals surface area contributed by atoms with Gasteiger partial charge in [0.15, 0.2) is 0 Å². The average Bonchev–Trinajstić information content (AvgIpc) is 2.50. The molecule has 2 heterocycles. The van der Waals surface area contributed by atoms with Crippen molar-refractivity contribution in [2.45, 2.75) is 20.4 Å². The number of imidazole rings is 1. The third-order valence-electron chi connectivity index (χ3n) is 2.45. The fraction of sp³-hybridized carbons (Fsp3) is 0.273. The molecule has 0 radical (unpaired) electrons. The van der Waals surface area contributed by atoms with Gasteiger partial charge in [-0.15, -0.1) is 0 Å². The summed E-state index contributed by atoms with van der Waals surface area (Å²) in [5.41, 5.74) is 3.16. The van der Waals surface area contributed by atoms with Crippen LogP contribution in [0.4, 0.5) is 0 Å². The summed E-state index contributed by atoms with van der Waals surface area (Å²) in [6, 6.07) is 5.64. The molecule has 0 amide bonds. The fourth-order valence-corrected chi connectivity index (χ4v) is 1.60. The van der Waals surface area contributed by atoms with E-state index >= 15 is 0 Å². The lowest BCUT2D eigenvalue weighted by atomic mass is 10.3. The Kier molecular flexibility index (Phi) is 2.73. The minimum atomic E-state index is 0.530. The maximum absolute atomic E-state index is 5.82. The Morgan fingerprint density at radius 2 is 2.13 bits per heavy atom. The van der Waals surface area contributed by atoms with Gasteiger partial charge in [0.05, 0.1) is 24.3 Å². The van der Waals surface area contributed by atoms with E-state index in [1.807, 2.05) is 32.3 Å². The molecule has 4 heteroatoms. The summed E-state index contributed by atoms with van der Waals surface area (Å²) in [5.74, 6) is 0. The normalized spacial score (nSPS) is 10.6. The highest BCUT2D eigenvalue weighted by Crippen LogP contribution is 2.09. The van der Waals surface area contributed by atoms with Crippen LogP contribution in [0.15, 0.2) is 24.5 Å². The topological polar surface area (TPSA) is 30.7 Å². The molecule has 3 nitrogen and oxygen atoms in total. The number of rotatable bonds is 2. The second-order valence-corrected chi connectivity index (χ2v) is 3.88. The van der Waals surface area contributed by atoms with E-state index in [9.17, 15) is 0 Å². The molecule has 0 aromatic carbocycles. The standard InChI is InChI=1S/C11H12ClN3/c1-8-9(2)15(7-13-8)6-10-4-3-5-11(12)14-10/h3-5,7H,6H2,1-2H3. The molecular formula is C11H12ClN3. The minimum Gasteiger partial charge on any atom is -0.329 e. The highest BCUT2D eigenvalue weighted by Gasteiger charge is 2.03. The van der Waals surface area contributed by atoms with Crippen molar-refractivity contribution in [1.82, 2.24) is 14.5 Å². The maximum atomic E-state index is 5.82. The van der Waals surface area contributed by atoms with Gasteiger partial charge >= 0.3 is 0 Å². The van der Waals surface area contributed by atoms with Crippen LogP contribution in [-0.4, -0.2) is 14.5 Å². The highest BCUT2D eigenvalue weighted by atomic mass is 35.5. The average molecular weight is 222 g/mol. The molecule has 2 rings (SSSR count). The summed E-state index contributed by atoms with van der Waals surface area (Å²) in [5, 5.41) is 0.530. The van der Waals surface area contributed by atoms with E-state index < -0.39 is 0 Å². The number of nitrogens with zero attached hydrogens (tertiary/aromatic N) is 3. The van der Waals surface area contributed by atoms with Crippen molar-refractivity contribution < 1.29 is 0 Å². The van der Waals surface area contributed by atoms with Gasteiger partial charge in [-0.3, -0.25) is 0 Å². The van der Waals surface area contributed by atoms with Gasteiger partial charge in [0, 0.05) is 5.69 Å². The van der Waals surface area contributed by atoms with Crippen LogP contribution < -0.4 is 0 Å². The largest absolute Gasteiger partial charge is 0.329 e. The molecule has 0 saturated heterocycles. The fourth-order valence-electron chi connectivity index (χ4n) is 1.42. The molecular weight excluding hydrogens is 210 g/mol. The van der Waals surface area contributed by atoms with E-state index in [1.165, 1.54) is 0 Å². The molecule has 0 aliphatic heterocycles. The van der Waals surface area contributed by atoms with Gasteiger partial charge in [-0.2, -0.15) is 0 Å². The maximum Gasteiger partial charge on any atom is 0.129 e. The van der Waals surface area contributed by atoms with Crippen LogP contribution in [0.2, 0.25) is 5.15 Å². The number of pyridine rings is 1. The second kappa shape index (κ2) is 4.03. The number of hydrogen-bond donors (Lipinski definition) is 0. The lowest BCUT2D eigenvalue weighted by Crippen LogP contribution is -2.02. The molecule has 2 aromatic heterocycles. The number of halogens is 1. The van der Waals surface area contributed by atoms with Gasteiger partial charge in [-0.1, -0.05) is 17.7 Å². The molecule has 0 bridgehead atoms. The van der Waals surface area contributed by atoms with Crippen molar-refractivity contribution in [3.05, 3.63) is 46.8 Å². The Bertz CT molecular complexity index is 476. The van der Waals surface area contributed by atoms with Crippen molar-refractivity contribution >= 4 is 11.6 Å². The van der Waals surface area contributed by atoms with Crippen molar-refractivity contribution in [2.24, 2.45) is 0 Å². The molecule has 0 N–H and O–H groups in total. The van der Waals surface area contributed by atoms with E-state index in [-0.39, 0.29) is 0 Å². The Hall–Kier alpha value is -1.35. The molecule has 0 spiro atoms. The van der Waals surface area contributed by atoms with Crippen LogP contribution in [0.25, 0.3) is 0 Å². The van der Waals surface area contributed by atoms with Crippen LogP contribution in [-0.2, 0) is 6.54 Å². The number of aromatic nitrogens is 3. The summed E-state index contributed by atoms with van der Waals surface area (Å²) >= 11 is 5.82. The Morgan fingerprint density at radius 1 is 1.33 bits per heavy atom. The number of hydrogen-bond acceptors (Lipinski definition) is 2. The van der Waals surface area contributed by atoms with Crippen LogP contribution >= 0.6 is 11.6 Å². The van der Waals surface area contributed by atoms with Crippen molar-refractivity contribution in [2.75, 3.05) is 0 Å². The smallest absolute Gasteiger partial charge is 0.129 e. The molecule has 0 fully saturated rings. The molecule has 2 aromatic rings. The highest BCUT2D eigenvalue weighted by molar-refractivity contribution is 6.29. The van der Waals surface area contributed by atoms with Crippen LogP contribution in [0.5, 0.6) is 0 Å². The molecule has 0 aliphatic carbocycles. The second-order valence-electron chi connectivity index (χ2n) is 3.49. The quantitative estimate of drug-likeness (QED) is 0.730. The summed E-state index contributed by atoms with van der Waals surface area (Å²) in [7, 11) is 0. The third-order valence-corrected chi connectivity index (χ3v) is 2.66. The van der Waals surface area contributed by atoms with Crippen LogP contribution in [0.3, 0.4) is 0 Å². The van der Waals surface area contributed by atoms with E-state index in [1.54, 1.807) is 6.07 Å². The molecule has 15 heavy (non-hydrogen) atoms. The monoisotopic (exact) mass is 221 g/mol. The van der Waals surface area contributed by atoms with E-state index in [2.05, 4.69) is 14.5 Å². The summed E-state index contributed by atoms with van der Waals surface area (Å²) < 4.78 is 2.06. The summed E-state index contributed by atoms with van der Waals surface area (Å²) in [6.45, 7) is 4.76. The van der Waals surface area contributed by atoms with E-state index in [0.717, 1.165) is 17.1 Å². The predicted molar refractivity (Wildman–Crippen MR) is 60.1 cm³/mol. The Morgan fingerprint density at radius 3 is 2.73 bits per heavy atom.